The molecule has 0 radical (unpaired) electrons. The SMILES string of the molecule is CCCNC(c1cc(Cl)ccc1Cl)C1CCOC1C. The van der Waals surface area contributed by atoms with Gasteiger partial charge in [-0.3, -0.25) is 0 Å². The second-order valence-electron chi connectivity index (χ2n) is 5.13. The molecule has 0 spiro atoms. The molecule has 3 unspecified atom stereocenters. The normalized spacial score (nSPS) is 24.6. The quantitative estimate of drug-likeness (QED) is 0.867. The van der Waals surface area contributed by atoms with Crippen LogP contribution < -0.4 is 5.32 Å². The summed E-state index contributed by atoms with van der Waals surface area (Å²) in [6, 6.07) is 5.89. The Bertz CT molecular complexity index is 425. The van der Waals surface area contributed by atoms with Crippen LogP contribution in [-0.4, -0.2) is 19.3 Å². The highest BCUT2D eigenvalue weighted by atomic mass is 35.5. The molecule has 2 rings (SSSR count). The summed E-state index contributed by atoms with van der Waals surface area (Å²) in [5.41, 5.74) is 1.09. The second-order valence-corrected chi connectivity index (χ2v) is 5.97. The Hall–Kier alpha value is -0.280. The van der Waals surface area contributed by atoms with Crippen LogP contribution in [0.1, 0.15) is 38.3 Å². The van der Waals surface area contributed by atoms with Crippen LogP contribution in [0.5, 0.6) is 0 Å². The van der Waals surface area contributed by atoms with E-state index in [9.17, 15) is 0 Å². The molecule has 0 bridgehead atoms. The van der Waals surface area contributed by atoms with Crippen molar-refractivity contribution in [3.8, 4) is 0 Å². The average molecular weight is 302 g/mol. The van der Waals surface area contributed by atoms with Gasteiger partial charge < -0.3 is 10.1 Å². The van der Waals surface area contributed by atoms with Gasteiger partial charge in [-0.25, -0.2) is 0 Å². The first-order chi connectivity index (χ1) is 9.13. The minimum absolute atomic E-state index is 0.212. The Kier molecular flexibility index (Phi) is 5.52. The number of rotatable bonds is 5. The first kappa shape index (κ1) is 15.1. The molecule has 2 nitrogen and oxygen atoms in total. The van der Waals surface area contributed by atoms with Gasteiger partial charge in [0.1, 0.15) is 0 Å². The van der Waals surface area contributed by atoms with Gasteiger partial charge in [-0.1, -0.05) is 30.1 Å². The minimum atomic E-state index is 0.212. The van der Waals surface area contributed by atoms with Crippen LogP contribution in [0.15, 0.2) is 18.2 Å². The number of nitrogens with one attached hydrogen (secondary N) is 1. The molecular weight excluding hydrogens is 281 g/mol. The van der Waals surface area contributed by atoms with E-state index < -0.39 is 0 Å². The summed E-state index contributed by atoms with van der Waals surface area (Å²) >= 11 is 12.5. The zero-order chi connectivity index (χ0) is 13.8. The summed E-state index contributed by atoms with van der Waals surface area (Å²) in [4.78, 5) is 0. The van der Waals surface area contributed by atoms with Gasteiger partial charge in [-0.2, -0.15) is 0 Å². The van der Waals surface area contributed by atoms with Crippen LogP contribution in [-0.2, 0) is 4.74 Å². The van der Waals surface area contributed by atoms with E-state index in [2.05, 4.69) is 19.2 Å². The summed E-state index contributed by atoms with van der Waals surface area (Å²) in [5.74, 6) is 0.447. The van der Waals surface area contributed by atoms with E-state index in [4.69, 9.17) is 27.9 Å². The maximum atomic E-state index is 6.36. The van der Waals surface area contributed by atoms with Gasteiger partial charge in [0.05, 0.1) is 6.10 Å². The van der Waals surface area contributed by atoms with E-state index in [1.54, 1.807) is 0 Å². The maximum Gasteiger partial charge on any atom is 0.0594 e. The van der Waals surface area contributed by atoms with Crippen LogP contribution in [0, 0.1) is 5.92 Å². The Morgan fingerprint density at radius 3 is 2.84 bits per heavy atom. The van der Waals surface area contributed by atoms with Crippen molar-refractivity contribution in [1.82, 2.24) is 5.32 Å². The number of hydrogen-bond acceptors (Lipinski definition) is 2. The van der Waals surface area contributed by atoms with Crippen molar-refractivity contribution in [3.05, 3.63) is 33.8 Å². The van der Waals surface area contributed by atoms with Gasteiger partial charge in [-0.15, -0.1) is 0 Å². The van der Waals surface area contributed by atoms with E-state index in [1.807, 2.05) is 18.2 Å². The molecule has 1 saturated heterocycles. The first-order valence-electron chi connectivity index (χ1n) is 6.93. The smallest absolute Gasteiger partial charge is 0.0594 e. The predicted molar refractivity (Wildman–Crippen MR) is 81.0 cm³/mol. The molecule has 1 aromatic rings. The lowest BCUT2D eigenvalue weighted by Crippen LogP contribution is -2.32. The van der Waals surface area contributed by atoms with Gasteiger partial charge >= 0.3 is 0 Å². The Balaban J connectivity index is 2.28. The van der Waals surface area contributed by atoms with Crippen molar-refractivity contribution >= 4 is 23.2 Å². The Labute approximate surface area is 125 Å². The molecule has 1 fully saturated rings. The van der Waals surface area contributed by atoms with E-state index in [1.165, 1.54) is 0 Å². The Morgan fingerprint density at radius 1 is 1.42 bits per heavy atom. The average Bonchev–Trinajstić information content (AvgIpc) is 2.80. The largest absolute Gasteiger partial charge is 0.378 e. The number of ether oxygens (including phenoxy) is 1. The van der Waals surface area contributed by atoms with Gasteiger partial charge in [0.2, 0.25) is 0 Å². The highest BCUT2D eigenvalue weighted by Gasteiger charge is 2.33. The third kappa shape index (κ3) is 3.63. The van der Waals surface area contributed by atoms with Gasteiger partial charge in [0.15, 0.2) is 0 Å². The molecule has 1 aliphatic rings. The first-order valence-corrected chi connectivity index (χ1v) is 7.69. The van der Waals surface area contributed by atoms with Crippen molar-refractivity contribution in [3.63, 3.8) is 0 Å². The lowest BCUT2D eigenvalue weighted by Gasteiger charge is -2.28. The summed E-state index contributed by atoms with van der Waals surface area (Å²) in [7, 11) is 0. The molecule has 0 aromatic heterocycles. The monoisotopic (exact) mass is 301 g/mol. The lowest BCUT2D eigenvalue weighted by atomic mass is 9.88. The predicted octanol–water partition coefficient (Wildman–Crippen LogP) is 4.46. The summed E-state index contributed by atoms with van der Waals surface area (Å²) < 4.78 is 5.70. The fourth-order valence-corrected chi connectivity index (χ4v) is 3.15. The fourth-order valence-electron chi connectivity index (χ4n) is 2.73. The third-order valence-corrected chi connectivity index (χ3v) is 4.35. The Morgan fingerprint density at radius 2 is 2.21 bits per heavy atom. The lowest BCUT2D eigenvalue weighted by molar-refractivity contribution is 0.0954. The third-order valence-electron chi connectivity index (χ3n) is 3.77. The van der Waals surface area contributed by atoms with E-state index >= 15 is 0 Å². The number of halogens is 2. The topological polar surface area (TPSA) is 21.3 Å². The molecule has 1 heterocycles. The zero-order valence-corrected chi connectivity index (χ0v) is 13.0. The van der Waals surface area contributed by atoms with E-state index in [0.29, 0.717) is 5.92 Å². The van der Waals surface area contributed by atoms with Crippen molar-refractivity contribution in [2.75, 3.05) is 13.2 Å². The van der Waals surface area contributed by atoms with E-state index in [0.717, 1.165) is 41.6 Å². The van der Waals surface area contributed by atoms with Gasteiger partial charge in [-0.05, 0) is 50.1 Å². The molecule has 1 aliphatic heterocycles. The molecule has 0 saturated carbocycles. The van der Waals surface area contributed by atoms with Crippen LogP contribution in [0.25, 0.3) is 0 Å². The van der Waals surface area contributed by atoms with Gasteiger partial charge in [0, 0.05) is 28.6 Å². The van der Waals surface area contributed by atoms with Crippen molar-refractivity contribution in [2.24, 2.45) is 5.92 Å². The number of hydrogen-bond donors (Lipinski definition) is 1. The van der Waals surface area contributed by atoms with Crippen molar-refractivity contribution in [2.45, 2.75) is 38.8 Å². The van der Waals surface area contributed by atoms with Crippen LogP contribution >= 0.6 is 23.2 Å². The standard InChI is InChI=1S/C15H21Cl2NO/c1-3-7-18-15(12-6-8-19-10(12)2)13-9-11(16)4-5-14(13)17/h4-5,9-10,12,15,18H,3,6-8H2,1-2H3. The summed E-state index contributed by atoms with van der Waals surface area (Å²) in [6.07, 6.45) is 2.41. The zero-order valence-electron chi connectivity index (χ0n) is 11.5. The van der Waals surface area contributed by atoms with Crippen LogP contribution in [0.4, 0.5) is 0 Å². The van der Waals surface area contributed by atoms with Crippen LogP contribution in [0.3, 0.4) is 0 Å². The summed E-state index contributed by atoms with van der Waals surface area (Å²) in [5, 5.41) is 5.11. The van der Waals surface area contributed by atoms with E-state index in [-0.39, 0.29) is 12.1 Å². The molecular formula is C15H21Cl2NO. The molecule has 1 N–H and O–H groups in total. The molecule has 1 aromatic carbocycles. The van der Waals surface area contributed by atoms with Crippen LogP contribution in [0.2, 0.25) is 10.0 Å². The molecule has 4 heteroatoms. The van der Waals surface area contributed by atoms with Crippen molar-refractivity contribution in [1.29, 1.82) is 0 Å². The highest BCUT2D eigenvalue weighted by Crippen LogP contribution is 2.37. The molecule has 3 atom stereocenters. The minimum Gasteiger partial charge on any atom is -0.378 e. The maximum absolute atomic E-state index is 6.36. The highest BCUT2D eigenvalue weighted by molar-refractivity contribution is 6.33. The fraction of sp³-hybridized carbons (Fsp3) is 0.600. The molecule has 106 valence electrons. The molecule has 19 heavy (non-hydrogen) atoms. The summed E-state index contributed by atoms with van der Waals surface area (Å²) in [6.45, 7) is 6.10. The molecule has 0 aliphatic carbocycles. The number of benzene rings is 1. The van der Waals surface area contributed by atoms with Gasteiger partial charge in [0.25, 0.3) is 0 Å². The van der Waals surface area contributed by atoms with Crippen molar-refractivity contribution < 1.29 is 4.74 Å². The molecule has 0 amide bonds. The second kappa shape index (κ2) is 6.94.